The summed E-state index contributed by atoms with van der Waals surface area (Å²) in [5, 5.41) is 9.37. The highest BCUT2D eigenvalue weighted by atomic mass is 16.5. The van der Waals surface area contributed by atoms with Crippen molar-refractivity contribution in [2.45, 2.75) is 32.1 Å². The Kier molecular flexibility index (Phi) is 6.50. The van der Waals surface area contributed by atoms with Crippen LogP contribution in [-0.2, 0) is 6.42 Å². The lowest BCUT2D eigenvalue weighted by atomic mass is 9.96. The average Bonchev–Trinajstić information content (AvgIpc) is 2.62. The number of nitrogens with zero attached hydrogens (tertiary/aromatic N) is 1. The van der Waals surface area contributed by atoms with E-state index in [4.69, 9.17) is 9.47 Å². The molecule has 3 nitrogen and oxygen atoms in total. The molecule has 0 saturated carbocycles. The molecule has 2 aromatic rings. The lowest BCUT2D eigenvalue weighted by Gasteiger charge is -2.11. The molecule has 2 aromatic carbocycles. The third kappa shape index (κ3) is 5.03. The second kappa shape index (κ2) is 8.85. The number of rotatable bonds is 8. The molecular weight excluding hydrogens is 286 g/mol. The Bertz CT molecular complexity index is 643. The van der Waals surface area contributed by atoms with Crippen molar-refractivity contribution in [2.24, 2.45) is 0 Å². The van der Waals surface area contributed by atoms with Gasteiger partial charge in [-0.1, -0.05) is 31.2 Å². The van der Waals surface area contributed by atoms with E-state index in [-0.39, 0.29) is 5.92 Å². The van der Waals surface area contributed by atoms with E-state index in [1.165, 1.54) is 5.56 Å². The van der Waals surface area contributed by atoms with Gasteiger partial charge in [0, 0.05) is 0 Å². The van der Waals surface area contributed by atoms with Gasteiger partial charge in [0.05, 0.1) is 25.7 Å². The highest BCUT2D eigenvalue weighted by Crippen LogP contribution is 2.23. The quantitative estimate of drug-likeness (QED) is 0.662. The van der Waals surface area contributed by atoms with Crippen LogP contribution in [0.2, 0.25) is 0 Å². The van der Waals surface area contributed by atoms with E-state index in [2.05, 4.69) is 25.1 Å². The number of nitriles is 1. The van der Waals surface area contributed by atoms with Crippen molar-refractivity contribution < 1.29 is 9.47 Å². The maximum atomic E-state index is 9.37. The van der Waals surface area contributed by atoms with Crippen LogP contribution in [-0.4, -0.2) is 13.7 Å². The molecule has 0 aliphatic heterocycles. The van der Waals surface area contributed by atoms with Crippen LogP contribution in [0.3, 0.4) is 0 Å². The summed E-state index contributed by atoms with van der Waals surface area (Å²) in [6.45, 7) is 2.76. The van der Waals surface area contributed by atoms with Crippen LogP contribution >= 0.6 is 0 Å². The third-order valence-corrected chi connectivity index (χ3v) is 3.89. The third-order valence-electron chi connectivity index (χ3n) is 3.89. The van der Waals surface area contributed by atoms with Crippen LogP contribution in [0.25, 0.3) is 0 Å². The average molecular weight is 309 g/mol. The number of aryl methyl sites for hydroxylation is 1. The van der Waals surface area contributed by atoms with E-state index in [1.807, 2.05) is 36.4 Å². The van der Waals surface area contributed by atoms with Gasteiger partial charge >= 0.3 is 0 Å². The van der Waals surface area contributed by atoms with Crippen LogP contribution < -0.4 is 9.47 Å². The first-order valence-electron chi connectivity index (χ1n) is 8.02. The molecule has 0 aliphatic carbocycles. The van der Waals surface area contributed by atoms with Gasteiger partial charge in [-0.2, -0.15) is 5.26 Å². The van der Waals surface area contributed by atoms with E-state index in [0.29, 0.717) is 6.61 Å². The molecular formula is C20H23NO2. The fourth-order valence-corrected chi connectivity index (χ4v) is 2.47. The predicted octanol–water partition coefficient (Wildman–Crippen LogP) is 4.72. The Morgan fingerprint density at radius 3 is 2.52 bits per heavy atom. The summed E-state index contributed by atoms with van der Waals surface area (Å²) in [5.74, 6) is 1.61. The summed E-state index contributed by atoms with van der Waals surface area (Å²) in [6, 6.07) is 18.2. The lowest BCUT2D eigenvalue weighted by Crippen LogP contribution is -2.02. The van der Waals surface area contributed by atoms with Gasteiger partial charge in [0.2, 0.25) is 0 Å². The van der Waals surface area contributed by atoms with Gasteiger partial charge in [-0.15, -0.1) is 0 Å². The number of hydrogen-bond acceptors (Lipinski definition) is 3. The van der Waals surface area contributed by atoms with Crippen LogP contribution in [0.4, 0.5) is 0 Å². The van der Waals surface area contributed by atoms with Gasteiger partial charge in [-0.3, -0.25) is 0 Å². The van der Waals surface area contributed by atoms with Crippen molar-refractivity contribution in [1.82, 2.24) is 0 Å². The topological polar surface area (TPSA) is 42.2 Å². The fourth-order valence-electron chi connectivity index (χ4n) is 2.47. The molecule has 0 N–H and O–H groups in total. The molecule has 120 valence electrons. The van der Waals surface area contributed by atoms with Crippen molar-refractivity contribution in [3.63, 3.8) is 0 Å². The summed E-state index contributed by atoms with van der Waals surface area (Å²) in [7, 11) is 1.64. The fraction of sp³-hybridized carbons (Fsp3) is 0.350. The molecule has 3 heteroatoms. The largest absolute Gasteiger partial charge is 0.497 e. The summed E-state index contributed by atoms with van der Waals surface area (Å²) in [4.78, 5) is 0. The van der Waals surface area contributed by atoms with Crippen molar-refractivity contribution >= 4 is 0 Å². The molecule has 0 bridgehead atoms. The van der Waals surface area contributed by atoms with Crippen LogP contribution in [0.5, 0.6) is 11.5 Å². The first kappa shape index (κ1) is 16.9. The summed E-state index contributed by atoms with van der Waals surface area (Å²) < 4.78 is 10.9. The Hall–Kier alpha value is -2.47. The first-order valence-corrected chi connectivity index (χ1v) is 8.02. The molecule has 2 rings (SSSR count). The molecule has 1 atom stereocenters. The van der Waals surface area contributed by atoms with Crippen molar-refractivity contribution in [3.8, 4) is 17.6 Å². The summed E-state index contributed by atoms with van der Waals surface area (Å²) in [6.07, 6.45) is 2.64. The van der Waals surface area contributed by atoms with Gasteiger partial charge in [0.1, 0.15) is 11.5 Å². The standard InChI is InChI=1S/C20H23NO2/c1-3-16-6-4-8-20(14-16)23-13-5-7-18(15-21)17-9-11-19(22-2)12-10-17/h4,6,8-12,14,18H,3,5,7,13H2,1-2H3. The highest BCUT2D eigenvalue weighted by molar-refractivity contribution is 5.32. The van der Waals surface area contributed by atoms with Gasteiger partial charge in [0.15, 0.2) is 0 Å². The van der Waals surface area contributed by atoms with Gasteiger partial charge in [-0.25, -0.2) is 0 Å². The van der Waals surface area contributed by atoms with Crippen LogP contribution in [0, 0.1) is 11.3 Å². The molecule has 0 aliphatic rings. The molecule has 1 unspecified atom stereocenters. The van der Waals surface area contributed by atoms with Gasteiger partial charge < -0.3 is 9.47 Å². The van der Waals surface area contributed by atoms with E-state index < -0.39 is 0 Å². The molecule has 0 aromatic heterocycles. The molecule has 0 fully saturated rings. The maximum Gasteiger partial charge on any atom is 0.119 e. The molecule has 0 saturated heterocycles. The second-order valence-electron chi connectivity index (χ2n) is 5.45. The van der Waals surface area contributed by atoms with Gasteiger partial charge in [0.25, 0.3) is 0 Å². The van der Waals surface area contributed by atoms with Crippen molar-refractivity contribution in [3.05, 3.63) is 59.7 Å². The van der Waals surface area contributed by atoms with E-state index >= 15 is 0 Å². The van der Waals surface area contributed by atoms with Crippen LogP contribution in [0.1, 0.15) is 36.8 Å². The monoisotopic (exact) mass is 309 g/mol. The van der Waals surface area contributed by atoms with Gasteiger partial charge in [-0.05, 0) is 54.7 Å². The second-order valence-corrected chi connectivity index (χ2v) is 5.45. The molecule has 23 heavy (non-hydrogen) atoms. The molecule has 0 radical (unpaired) electrons. The SMILES string of the molecule is CCc1cccc(OCCCC(C#N)c2ccc(OC)cc2)c1. The highest BCUT2D eigenvalue weighted by Gasteiger charge is 2.10. The zero-order valence-electron chi connectivity index (χ0n) is 13.8. The number of benzene rings is 2. The normalized spacial score (nSPS) is 11.5. The minimum atomic E-state index is -0.105. The summed E-state index contributed by atoms with van der Waals surface area (Å²) >= 11 is 0. The minimum Gasteiger partial charge on any atom is -0.497 e. The van der Waals surface area contributed by atoms with Crippen molar-refractivity contribution in [2.75, 3.05) is 13.7 Å². The van der Waals surface area contributed by atoms with E-state index in [0.717, 1.165) is 36.3 Å². The zero-order valence-corrected chi connectivity index (χ0v) is 13.8. The number of hydrogen-bond donors (Lipinski definition) is 0. The van der Waals surface area contributed by atoms with E-state index in [1.54, 1.807) is 7.11 Å². The zero-order chi connectivity index (χ0) is 16.5. The number of methoxy groups -OCH3 is 1. The Morgan fingerprint density at radius 1 is 1.09 bits per heavy atom. The maximum absolute atomic E-state index is 9.37. The number of ether oxygens (including phenoxy) is 2. The Morgan fingerprint density at radius 2 is 1.87 bits per heavy atom. The first-order chi connectivity index (χ1) is 11.3. The molecule has 0 heterocycles. The Balaban J connectivity index is 1.82. The predicted molar refractivity (Wildman–Crippen MR) is 91.9 cm³/mol. The van der Waals surface area contributed by atoms with Crippen LogP contribution in [0.15, 0.2) is 48.5 Å². The lowest BCUT2D eigenvalue weighted by molar-refractivity contribution is 0.304. The molecule has 0 amide bonds. The minimum absolute atomic E-state index is 0.105. The smallest absolute Gasteiger partial charge is 0.119 e. The van der Waals surface area contributed by atoms with Crippen molar-refractivity contribution in [1.29, 1.82) is 5.26 Å². The molecule has 0 spiro atoms. The summed E-state index contributed by atoms with van der Waals surface area (Å²) in [5.41, 5.74) is 2.30. The van der Waals surface area contributed by atoms with E-state index in [9.17, 15) is 5.26 Å². The Labute approximate surface area is 138 Å².